The second kappa shape index (κ2) is 15.0. The highest BCUT2D eigenvalue weighted by atomic mass is 16.9. The van der Waals surface area contributed by atoms with Crippen molar-refractivity contribution in [1.29, 1.82) is 0 Å². The molecule has 6 nitrogen and oxygen atoms in total. The summed E-state index contributed by atoms with van der Waals surface area (Å²) in [6.45, 7) is 15.5. The van der Waals surface area contributed by atoms with Crippen molar-refractivity contribution in [2.24, 2.45) is 0 Å². The Labute approximate surface area is 210 Å². The zero-order valence-electron chi connectivity index (χ0n) is 21.4. The van der Waals surface area contributed by atoms with Crippen LogP contribution in [0, 0.1) is 13.8 Å². The molecule has 3 aromatic carbocycles. The first-order valence-electron chi connectivity index (χ1n) is 11.6. The van der Waals surface area contributed by atoms with Gasteiger partial charge in [-0.1, -0.05) is 73.0 Å². The molecule has 0 aromatic heterocycles. The summed E-state index contributed by atoms with van der Waals surface area (Å²) in [5, 5.41) is 0. The van der Waals surface area contributed by atoms with Crippen molar-refractivity contribution in [2.75, 3.05) is 0 Å². The summed E-state index contributed by atoms with van der Waals surface area (Å²) in [7, 11) is -3.22. The lowest BCUT2D eigenvalue weighted by Crippen LogP contribution is -2.56. The second-order valence-corrected chi connectivity index (χ2v) is 7.77. The smallest absolute Gasteiger partial charge is 0.513 e. The highest BCUT2D eigenvalue weighted by molar-refractivity contribution is 6.67. The third-order valence-electron chi connectivity index (χ3n) is 4.15. The number of hydrogen-bond acceptors (Lipinski definition) is 6. The number of benzene rings is 3. The van der Waals surface area contributed by atoms with Crippen LogP contribution in [0.15, 0.2) is 91.0 Å². The molecular weight excluding hydrogens is 441 g/mol. The summed E-state index contributed by atoms with van der Waals surface area (Å²) in [6, 6.07) is 24.3. The maximum Gasteiger partial charge on any atom is 0.690 e. The third-order valence-corrected chi connectivity index (χ3v) is 4.15. The van der Waals surface area contributed by atoms with Crippen LogP contribution in [0.3, 0.4) is 0 Å². The monoisotopic (exact) mass is 474 g/mol. The van der Waals surface area contributed by atoms with Gasteiger partial charge in [-0.15, -0.1) is 6.58 Å². The first-order valence-corrected chi connectivity index (χ1v) is 11.6. The summed E-state index contributed by atoms with van der Waals surface area (Å²) < 4.78 is 34.2. The van der Waals surface area contributed by atoms with Crippen molar-refractivity contribution in [3.63, 3.8) is 0 Å². The Morgan fingerprint density at radius 2 is 0.857 bits per heavy atom. The maximum absolute atomic E-state index is 5.78. The van der Waals surface area contributed by atoms with Gasteiger partial charge in [-0.2, -0.15) is 0 Å². The molecule has 0 aliphatic carbocycles. The molecule has 1 heterocycles. The average Bonchev–Trinajstić information content (AvgIpc) is 2.84. The van der Waals surface area contributed by atoms with Gasteiger partial charge in [0.25, 0.3) is 0 Å². The van der Waals surface area contributed by atoms with E-state index >= 15 is 0 Å². The van der Waals surface area contributed by atoms with Gasteiger partial charge in [0.1, 0.15) is 17.2 Å². The Morgan fingerprint density at radius 3 is 1.17 bits per heavy atom. The predicted octanol–water partition coefficient (Wildman–Crippen LogP) is 6.47. The molecule has 182 valence electrons. The molecule has 0 bridgehead atoms. The largest absolute Gasteiger partial charge is 0.690 e. The van der Waals surface area contributed by atoms with Gasteiger partial charge in [-0.25, -0.2) is 0 Å². The van der Waals surface area contributed by atoms with Gasteiger partial charge in [-0.3, -0.25) is 0 Å². The summed E-state index contributed by atoms with van der Waals surface area (Å²) >= 11 is 0. The van der Waals surface area contributed by atoms with Crippen LogP contribution in [0.25, 0.3) is 0 Å². The molecule has 35 heavy (non-hydrogen) atoms. The Hall–Kier alpha value is -3.13. The van der Waals surface area contributed by atoms with Crippen LogP contribution >= 0.6 is 0 Å². The molecule has 0 amide bonds. The molecular formula is C26H33B3O6. The van der Waals surface area contributed by atoms with Crippen molar-refractivity contribution >= 4 is 22.0 Å². The fraction of sp³-hybridized carbons (Fsp3) is 0.231. The number of aryl methyl sites for hydroxylation is 2. The van der Waals surface area contributed by atoms with Crippen LogP contribution in [0.5, 0.6) is 17.2 Å². The van der Waals surface area contributed by atoms with Crippen LogP contribution in [-0.4, -0.2) is 22.0 Å². The highest BCUT2D eigenvalue weighted by Crippen LogP contribution is 2.21. The van der Waals surface area contributed by atoms with Crippen LogP contribution in [0.1, 0.15) is 38.8 Å². The molecule has 0 unspecified atom stereocenters. The molecule has 0 saturated carbocycles. The quantitative estimate of drug-likeness (QED) is 0.302. The standard InChI is InChI=1S/C20H19B3O6.C4H8.C2H6/c1-16-8-12-19(13-9-16)25-22-27-21(24-18-6-4-3-5-7-18)28-23(29-22)26-20-14-10-17(2)11-15-20;1-4(2)3;1-2/h3-15H,1-2H3;1H2,2-3H3;1-2H3. The van der Waals surface area contributed by atoms with Crippen molar-refractivity contribution in [1.82, 2.24) is 0 Å². The molecule has 0 radical (unpaired) electrons. The molecule has 1 aliphatic rings. The van der Waals surface area contributed by atoms with Crippen LogP contribution in [0.4, 0.5) is 0 Å². The van der Waals surface area contributed by atoms with E-state index in [9.17, 15) is 0 Å². The summed E-state index contributed by atoms with van der Waals surface area (Å²) in [6.07, 6.45) is 0. The van der Waals surface area contributed by atoms with E-state index < -0.39 is 22.0 Å². The zero-order valence-corrected chi connectivity index (χ0v) is 21.4. The number of hydrogen-bond donors (Lipinski definition) is 0. The lowest BCUT2D eigenvalue weighted by atomic mass is 9.96. The van der Waals surface area contributed by atoms with E-state index in [4.69, 9.17) is 27.7 Å². The first-order chi connectivity index (χ1) is 16.9. The predicted molar refractivity (Wildman–Crippen MR) is 143 cm³/mol. The van der Waals surface area contributed by atoms with Crippen LogP contribution in [0.2, 0.25) is 0 Å². The molecule has 9 heteroatoms. The Morgan fingerprint density at radius 1 is 0.571 bits per heavy atom. The van der Waals surface area contributed by atoms with E-state index in [0.717, 1.165) is 11.1 Å². The first kappa shape index (κ1) is 28.1. The van der Waals surface area contributed by atoms with Crippen molar-refractivity contribution in [2.45, 2.75) is 41.5 Å². The van der Waals surface area contributed by atoms with E-state index in [1.165, 1.54) is 5.57 Å². The molecule has 1 aliphatic heterocycles. The number of para-hydroxylation sites is 1. The molecule has 0 N–H and O–H groups in total. The maximum atomic E-state index is 5.78. The normalized spacial score (nSPS) is 12.5. The van der Waals surface area contributed by atoms with Gasteiger partial charge < -0.3 is 27.7 Å². The summed E-state index contributed by atoms with van der Waals surface area (Å²) in [4.78, 5) is 0. The van der Waals surface area contributed by atoms with Crippen molar-refractivity contribution in [3.05, 3.63) is 102 Å². The minimum absolute atomic E-state index is 0.586. The van der Waals surface area contributed by atoms with Gasteiger partial charge >= 0.3 is 22.0 Å². The van der Waals surface area contributed by atoms with E-state index in [2.05, 4.69) is 6.58 Å². The van der Waals surface area contributed by atoms with Gasteiger partial charge in [0.2, 0.25) is 0 Å². The summed E-state index contributed by atoms with van der Waals surface area (Å²) in [5.41, 5.74) is 3.41. The van der Waals surface area contributed by atoms with Crippen LogP contribution in [-0.2, 0) is 13.7 Å². The molecule has 0 atom stereocenters. The van der Waals surface area contributed by atoms with Crippen LogP contribution < -0.4 is 14.0 Å². The minimum atomic E-state index is -1.07. The van der Waals surface area contributed by atoms with E-state index in [-0.39, 0.29) is 0 Å². The average molecular weight is 474 g/mol. The van der Waals surface area contributed by atoms with Crippen molar-refractivity contribution < 1.29 is 27.7 Å². The van der Waals surface area contributed by atoms with Gasteiger partial charge in [-0.05, 0) is 64.1 Å². The SMILES string of the molecule is C=C(C)C.CC.Cc1ccc(OB2OB(Oc3ccccc3)OB(Oc3ccc(C)cc3)O2)cc1. The van der Waals surface area contributed by atoms with Gasteiger partial charge in [0.05, 0.1) is 0 Å². The van der Waals surface area contributed by atoms with Crippen molar-refractivity contribution in [3.8, 4) is 17.2 Å². The molecule has 3 aromatic rings. The zero-order chi connectivity index (χ0) is 25.6. The van der Waals surface area contributed by atoms with Gasteiger partial charge in [0.15, 0.2) is 0 Å². The number of rotatable bonds is 6. The molecule has 0 spiro atoms. The highest BCUT2D eigenvalue weighted by Gasteiger charge is 2.50. The second-order valence-electron chi connectivity index (χ2n) is 7.77. The third kappa shape index (κ3) is 10.8. The Balaban J connectivity index is 0.000000655. The Bertz CT molecular complexity index is 940. The fourth-order valence-corrected chi connectivity index (χ4v) is 2.60. The minimum Gasteiger partial charge on any atom is -0.513 e. The lowest BCUT2D eigenvalue weighted by Gasteiger charge is -2.28. The van der Waals surface area contributed by atoms with E-state index in [1.54, 1.807) is 12.1 Å². The van der Waals surface area contributed by atoms with E-state index in [1.807, 2.05) is 108 Å². The van der Waals surface area contributed by atoms with E-state index in [0.29, 0.717) is 17.2 Å². The molecule has 1 saturated heterocycles. The molecule has 4 rings (SSSR count). The number of allylic oxidation sites excluding steroid dienone is 1. The van der Waals surface area contributed by atoms with Gasteiger partial charge in [0, 0.05) is 0 Å². The molecule has 1 fully saturated rings. The summed E-state index contributed by atoms with van der Waals surface area (Å²) in [5.74, 6) is 1.77. The topological polar surface area (TPSA) is 55.4 Å². The lowest BCUT2D eigenvalue weighted by molar-refractivity contribution is 0.146. The fourth-order valence-electron chi connectivity index (χ4n) is 2.60. The Kier molecular flexibility index (Phi) is 12.0.